The smallest absolute Gasteiger partial charge is 0.245 e. The van der Waals surface area contributed by atoms with Gasteiger partial charge >= 0.3 is 0 Å². The van der Waals surface area contributed by atoms with E-state index in [0.29, 0.717) is 0 Å². The first kappa shape index (κ1) is 18.5. The molecule has 0 saturated carbocycles. The number of benzene rings is 3. The second kappa shape index (κ2) is 7.61. The largest absolute Gasteiger partial charge is 0.335 e. The zero-order valence-corrected chi connectivity index (χ0v) is 16.5. The van der Waals surface area contributed by atoms with E-state index in [-0.39, 0.29) is 11.9 Å². The van der Waals surface area contributed by atoms with Crippen LogP contribution in [0.4, 0.5) is 0 Å². The van der Waals surface area contributed by atoms with Crippen LogP contribution in [0, 0.1) is 0 Å². The Bertz CT molecular complexity index is 885. The molecule has 2 unspecified atom stereocenters. The zero-order valence-electron chi connectivity index (χ0n) is 16.5. The van der Waals surface area contributed by atoms with Crippen molar-refractivity contribution in [2.45, 2.75) is 31.6 Å². The van der Waals surface area contributed by atoms with Crippen molar-refractivity contribution < 1.29 is 4.79 Å². The van der Waals surface area contributed by atoms with Crippen LogP contribution in [0.3, 0.4) is 0 Å². The Hall–Kier alpha value is -2.91. The summed E-state index contributed by atoms with van der Waals surface area (Å²) in [5, 5.41) is 0. The highest BCUT2D eigenvalue weighted by atomic mass is 16.2. The first-order chi connectivity index (χ1) is 13.6. The summed E-state index contributed by atoms with van der Waals surface area (Å²) in [5.74, 6) is 0.174. The maximum Gasteiger partial charge on any atom is 0.245 e. The maximum atomic E-state index is 13.2. The SMILES string of the molecule is CN1C(=O)C(C)(N(Cc2ccccc2)Cc2ccccc2)C1c1ccccc1. The third kappa shape index (κ3) is 3.23. The lowest BCUT2D eigenvalue weighted by atomic mass is 9.75. The summed E-state index contributed by atoms with van der Waals surface area (Å²) < 4.78 is 0. The zero-order chi connectivity index (χ0) is 19.6. The number of rotatable bonds is 6. The summed E-state index contributed by atoms with van der Waals surface area (Å²) in [5.41, 5.74) is 3.03. The van der Waals surface area contributed by atoms with E-state index in [1.54, 1.807) is 0 Å². The van der Waals surface area contributed by atoms with Crippen molar-refractivity contribution in [3.8, 4) is 0 Å². The Kier molecular flexibility index (Phi) is 5.01. The Morgan fingerprint density at radius 1 is 0.786 bits per heavy atom. The average molecular weight is 370 g/mol. The van der Waals surface area contributed by atoms with Crippen molar-refractivity contribution in [2.24, 2.45) is 0 Å². The van der Waals surface area contributed by atoms with Crippen LogP contribution < -0.4 is 0 Å². The predicted molar refractivity (Wildman–Crippen MR) is 112 cm³/mol. The molecule has 3 aromatic rings. The number of hydrogen-bond donors (Lipinski definition) is 0. The number of amides is 1. The minimum Gasteiger partial charge on any atom is -0.335 e. The summed E-state index contributed by atoms with van der Waals surface area (Å²) in [6.07, 6.45) is 0. The summed E-state index contributed by atoms with van der Waals surface area (Å²) in [7, 11) is 1.91. The van der Waals surface area contributed by atoms with Gasteiger partial charge in [0.05, 0.1) is 6.04 Å². The van der Waals surface area contributed by atoms with Crippen LogP contribution in [-0.2, 0) is 17.9 Å². The molecule has 3 heteroatoms. The number of carbonyl (C=O) groups excluding carboxylic acids is 1. The molecule has 28 heavy (non-hydrogen) atoms. The van der Waals surface area contributed by atoms with E-state index in [4.69, 9.17) is 0 Å². The van der Waals surface area contributed by atoms with Gasteiger partial charge in [0.25, 0.3) is 0 Å². The minimum absolute atomic E-state index is 0.0358. The summed E-state index contributed by atoms with van der Waals surface area (Å²) in [6.45, 7) is 3.56. The van der Waals surface area contributed by atoms with Gasteiger partial charge < -0.3 is 4.90 Å². The molecule has 1 aliphatic rings. The number of β-lactam (4-membered cyclic amide) rings is 1. The molecule has 0 radical (unpaired) electrons. The lowest BCUT2D eigenvalue weighted by molar-refractivity contribution is -0.175. The van der Waals surface area contributed by atoms with Crippen LogP contribution in [0.5, 0.6) is 0 Å². The van der Waals surface area contributed by atoms with E-state index in [2.05, 4.69) is 72.5 Å². The predicted octanol–water partition coefficient (Wildman–Crippen LogP) is 4.66. The molecule has 2 atom stereocenters. The van der Waals surface area contributed by atoms with Crippen molar-refractivity contribution in [3.63, 3.8) is 0 Å². The third-order valence-electron chi connectivity index (χ3n) is 5.88. The number of nitrogens with zero attached hydrogens (tertiary/aromatic N) is 2. The number of carbonyl (C=O) groups is 1. The highest BCUT2D eigenvalue weighted by molar-refractivity contribution is 5.94. The third-order valence-corrected chi connectivity index (χ3v) is 5.88. The maximum absolute atomic E-state index is 13.2. The van der Waals surface area contributed by atoms with Gasteiger partial charge in [0.1, 0.15) is 5.54 Å². The molecule has 1 fully saturated rings. The van der Waals surface area contributed by atoms with Gasteiger partial charge in [0, 0.05) is 20.1 Å². The monoisotopic (exact) mass is 370 g/mol. The van der Waals surface area contributed by atoms with E-state index in [0.717, 1.165) is 13.1 Å². The van der Waals surface area contributed by atoms with Crippen LogP contribution in [0.15, 0.2) is 91.0 Å². The van der Waals surface area contributed by atoms with Gasteiger partial charge in [0.2, 0.25) is 5.91 Å². The highest BCUT2D eigenvalue weighted by Gasteiger charge is 2.59. The van der Waals surface area contributed by atoms with Gasteiger partial charge in [0.15, 0.2) is 0 Å². The van der Waals surface area contributed by atoms with Crippen molar-refractivity contribution in [1.29, 1.82) is 0 Å². The van der Waals surface area contributed by atoms with Gasteiger partial charge in [-0.3, -0.25) is 9.69 Å². The van der Waals surface area contributed by atoms with Gasteiger partial charge in [-0.1, -0.05) is 91.0 Å². The van der Waals surface area contributed by atoms with Crippen LogP contribution in [0.25, 0.3) is 0 Å². The average Bonchev–Trinajstić information content (AvgIpc) is 2.75. The molecule has 1 saturated heterocycles. The standard InChI is InChI=1S/C25H26N2O/c1-25(23(26(2)24(25)28)22-16-10-5-11-17-22)27(18-20-12-6-3-7-13-20)19-21-14-8-4-9-15-21/h3-17,23H,18-19H2,1-2H3. The topological polar surface area (TPSA) is 23.6 Å². The molecule has 0 aromatic heterocycles. The molecule has 3 nitrogen and oxygen atoms in total. The molecule has 142 valence electrons. The molecule has 1 heterocycles. The second-order valence-electron chi connectivity index (χ2n) is 7.70. The summed E-state index contributed by atoms with van der Waals surface area (Å²) in [4.78, 5) is 17.4. The summed E-state index contributed by atoms with van der Waals surface area (Å²) >= 11 is 0. The fourth-order valence-corrected chi connectivity index (χ4v) is 4.39. The van der Waals surface area contributed by atoms with E-state index in [1.807, 2.05) is 42.3 Å². The van der Waals surface area contributed by atoms with Crippen molar-refractivity contribution in [2.75, 3.05) is 7.05 Å². The lowest BCUT2D eigenvalue weighted by Crippen LogP contribution is -2.72. The number of likely N-dealkylation sites (N-methyl/N-ethyl adjacent to an activating group) is 1. The minimum atomic E-state index is -0.582. The van der Waals surface area contributed by atoms with Crippen LogP contribution in [0.2, 0.25) is 0 Å². The Balaban J connectivity index is 1.72. The quantitative estimate of drug-likeness (QED) is 0.589. The van der Waals surface area contributed by atoms with Gasteiger partial charge in [-0.25, -0.2) is 0 Å². The molecule has 1 aliphatic heterocycles. The normalized spacial score (nSPS) is 21.6. The Morgan fingerprint density at radius 2 is 1.21 bits per heavy atom. The molecule has 1 amide bonds. The van der Waals surface area contributed by atoms with Crippen LogP contribution in [-0.4, -0.2) is 28.3 Å². The Morgan fingerprint density at radius 3 is 1.68 bits per heavy atom. The first-order valence-electron chi connectivity index (χ1n) is 9.76. The van der Waals surface area contributed by atoms with Crippen molar-refractivity contribution in [3.05, 3.63) is 108 Å². The second-order valence-corrected chi connectivity index (χ2v) is 7.70. The van der Waals surface area contributed by atoms with Crippen LogP contribution >= 0.6 is 0 Å². The first-order valence-corrected chi connectivity index (χ1v) is 9.76. The molecular formula is C25H26N2O. The van der Waals surface area contributed by atoms with Gasteiger partial charge in [-0.15, -0.1) is 0 Å². The molecule has 0 N–H and O–H groups in total. The molecule has 0 aliphatic carbocycles. The van der Waals surface area contributed by atoms with E-state index in [9.17, 15) is 4.79 Å². The fraction of sp³-hybridized carbons (Fsp3) is 0.240. The Labute approximate surface area is 167 Å². The van der Waals surface area contributed by atoms with E-state index >= 15 is 0 Å². The fourth-order valence-electron chi connectivity index (χ4n) is 4.39. The molecular weight excluding hydrogens is 344 g/mol. The van der Waals surface area contributed by atoms with Crippen LogP contribution in [0.1, 0.15) is 29.7 Å². The van der Waals surface area contributed by atoms with Crippen molar-refractivity contribution >= 4 is 5.91 Å². The molecule has 3 aromatic carbocycles. The lowest BCUT2D eigenvalue weighted by Gasteiger charge is -2.58. The van der Waals surface area contributed by atoms with Gasteiger partial charge in [-0.05, 0) is 23.6 Å². The summed E-state index contributed by atoms with van der Waals surface area (Å²) in [6, 6.07) is 31.2. The van der Waals surface area contributed by atoms with E-state index in [1.165, 1.54) is 16.7 Å². The number of likely N-dealkylation sites (tertiary alicyclic amines) is 1. The highest BCUT2D eigenvalue weighted by Crippen LogP contribution is 2.47. The van der Waals surface area contributed by atoms with E-state index < -0.39 is 5.54 Å². The number of hydrogen-bond acceptors (Lipinski definition) is 2. The molecule has 0 bridgehead atoms. The molecule has 4 rings (SSSR count). The van der Waals surface area contributed by atoms with Crippen molar-refractivity contribution in [1.82, 2.24) is 9.80 Å². The molecule has 0 spiro atoms. The van der Waals surface area contributed by atoms with Gasteiger partial charge in [-0.2, -0.15) is 0 Å².